The summed E-state index contributed by atoms with van der Waals surface area (Å²) >= 11 is 0. The minimum Gasteiger partial charge on any atom is -0.496 e. The quantitative estimate of drug-likeness (QED) is 0.408. The Morgan fingerprint density at radius 2 is 1.79 bits per heavy atom. The zero-order chi connectivity index (χ0) is 24.0. The molecule has 2 saturated heterocycles. The van der Waals surface area contributed by atoms with Gasteiger partial charge in [0.15, 0.2) is 5.78 Å². The van der Waals surface area contributed by atoms with Crippen molar-refractivity contribution in [3.8, 4) is 5.75 Å². The van der Waals surface area contributed by atoms with Gasteiger partial charge in [-0.15, -0.1) is 0 Å². The maximum Gasteiger partial charge on any atom is 0.229 e. The lowest BCUT2D eigenvalue weighted by Gasteiger charge is -2.43. The summed E-state index contributed by atoms with van der Waals surface area (Å²) in [5, 5.41) is 39.3. The number of ether oxygens (including phenoxy) is 6. The molecule has 1 saturated carbocycles. The number of ketones is 1. The fourth-order valence-corrected chi connectivity index (χ4v) is 5.06. The molecule has 186 valence electrons. The molecule has 5 unspecified atom stereocenters. The maximum atomic E-state index is 13.4. The summed E-state index contributed by atoms with van der Waals surface area (Å²) in [5.41, 5.74) is 0.991. The molecule has 0 spiro atoms. The smallest absolute Gasteiger partial charge is 0.229 e. The summed E-state index contributed by atoms with van der Waals surface area (Å²) in [7, 11) is 1.54. The maximum absolute atomic E-state index is 13.4. The van der Waals surface area contributed by atoms with Gasteiger partial charge in [0.1, 0.15) is 49.2 Å². The van der Waals surface area contributed by atoms with Crippen molar-refractivity contribution in [1.29, 1.82) is 0 Å². The van der Waals surface area contributed by atoms with Gasteiger partial charge in [-0.25, -0.2) is 0 Å². The Labute approximate surface area is 195 Å². The minimum absolute atomic E-state index is 0.111. The van der Waals surface area contributed by atoms with E-state index in [4.69, 9.17) is 28.4 Å². The molecule has 10 atom stereocenters. The highest BCUT2D eigenvalue weighted by Crippen LogP contribution is 2.41. The lowest BCUT2D eigenvalue weighted by Crippen LogP contribution is -2.60. The number of hydrogen-bond acceptors (Lipinski definition) is 11. The molecule has 3 heterocycles. The van der Waals surface area contributed by atoms with Crippen molar-refractivity contribution in [2.75, 3.05) is 20.5 Å². The van der Waals surface area contributed by atoms with E-state index in [0.717, 1.165) is 0 Å². The molecule has 11 heteroatoms. The van der Waals surface area contributed by atoms with Crippen LogP contribution in [0.2, 0.25) is 0 Å². The molecule has 5 rings (SSSR count). The van der Waals surface area contributed by atoms with E-state index in [-0.39, 0.29) is 30.9 Å². The second-order valence-electron chi connectivity index (χ2n) is 8.83. The standard InChI is InChI=1S/C23H28O11/c1-29-22-16-13(6-14-21(22)32-9-31-14)30-8-12(17(16)25)10-2-4-11(5-3-10)33-23-20(28)19(27)18(26)15(7-24)34-23/h2-5,8,13-16,18-24,26-28H,6-7,9H2,1H3/t13?,14?,15-,16?,18-,19+,20-,21?,22?,23-/m1/s1. The van der Waals surface area contributed by atoms with Crippen LogP contribution < -0.4 is 4.74 Å². The van der Waals surface area contributed by atoms with E-state index in [1.165, 1.54) is 6.26 Å². The highest BCUT2D eigenvalue weighted by Gasteiger charge is 2.54. The van der Waals surface area contributed by atoms with Gasteiger partial charge in [-0.2, -0.15) is 0 Å². The summed E-state index contributed by atoms with van der Waals surface area (Å²) < 4.78 is 33.8. The van der Waals surface area contributed by atoms with E-state index in [2.05, 4.69) is 0 Å². The third-order valence-electron chi connectivity index (χ3n) is 6.92. The fraction of sp³-hybridized carbons (Fsp3) is 0.609. The van der Waals surface area contributed by atoms with E-state index in [1.54, 1.807) is 31.4 Å². The summed E-state index contributed by atoms with van der Waals surface area (Å²) in [6.07, 6.45) is -6.26. The van der Waals surface area contributed by atoms with Gasteiger partial charge in [0.25, 0.3) is 0 Å². The van der Waals surface area contributed by atoms with E-state index in [1.807, 2.05) is 0 Å². The molecule has 3 fully saturated rings. The van der Waals surface area contributed by atoms with Crippen molar-refractivity contribution < 1.29 is 53.6 Å². The first-order valence-electron chi connectivity index (χ1n) is 11.2. The van der Waals surface area contributed by atoms with Crippen LogP contribution in [0.25, 0.3) is 5.57 Å². The van der Waals surface area contributed by atoms with Crippen LogP contribution in [0.5, 0.6) is 5.75 Å². The van der Waals surface area contributed by atoms with Crippen molar-refractivity contribution in [1.82, 2.24) is 0 Å². The molecule has 0 aromatic heterocycles. The Kier molecular flexibility index (Phi) is 6.62. The molecule has 11 nitrogen and oxygen atoms in total. The number of fused-ring (bicyclic) bond motifs is 2. The van der Waals surface area contributed by atoms with Gasteiger partial charge in [-0.3, -0.25) is 4.79 Å². The monoisotopic (exact) mass is 480 g/mol. The van der Waals surface area contributed by atoms with Gasteiger partial charge >= 0.3 is 0 Å². The first kappa shape index (κ1) is 23.6. The predicted octanol–water partition coefficient (Wildman–Crippen LogP) is -1.05. The second-order valence-corrected chi connectivity index (χ2v) is 8.83. The van der Waals surface area contributed by atoms with E-state index < -0.39 is 49.3 Å². The Morgan fingerprint density at radius 1 is 1.03 bits per heavy atom. The Hall–Kier alpha value is -2.09. The van der Waals surface area contributed by atoms with Gasteiger partial charge < -0.3 is 48.8 Å². The highest BCUT2D eigenvalue weighted by atomic mass is 16.7. The van der Waals surface area contributed by atoms with E-state index in [9.17, 15) is 25.2 Å². The Bertz CT molecular complexity index is 916. The third-order valence-corrected chi connectivity index (χ3v) is 6.92. The number of aliphatic hydroxyl groups excluding tert-OH is 4. The fourth-order valence-electron chi connectivity index (χ4n) is 5.06. The molecule has 0 radical (unpaired) electrons. The molecule has 1 aromatic rings. The third kappa shape index (κ3) is 4.01. The summed E-state index contributed by atoms with van der Waals surface area (Å²) in [6.45, 7) is -0.386. The summed E-state index contributed by atoms with van der Waals surface area (Å²) in [4.78, 5) is 13.4. The minimum atomic E-state index is -1.54. The molecule has 1 aliphatic carbocycles. The average Bonchev–Trinajstić information content (AvgIpc) is 3.32. The van der Waals surface area contributed by atoms with Gasteiger partial charge in [0, 0.05) is 13.5 Å². The molecule has 34 heavy (non-hydrogen) atoms. The van der Waals surface area contributed by atoms with Gasteiger partial charge in [0.05, 0.1) is 36.6 Å². The largest absolute Gasteiger partial charge is 0.496 e. The van der Waals surface area contributed by atoms with Crippen LogP contribution in [-0.4, -0.2) is 102 Å². The van der Waals surface area contributed by atoms with Crippen molar-refractivity contribution in [3.63, 3.8) is 0 Å². The Balaban J connectivity index is 1.30. The van der Waals surface area contributed by atoms with Crippen LogP contribution in [0.1, 0.15) is 12.0 Å². The number of carbonyl (C=O) groups is 1. The van der Waals surface area contributed by atoms with E-state index in [0.29, 0.717) is 23.3 Å². The topological polar surface area (TPSA) is 153 Å². The number of methoxy groups -OCH3 is 1. The number of hydrogen-bond donors (Lipinski definition) is 4. The van der Waals surface area contributed by atoms with Crippen molar-refractivity contribution in [2.24, 2.45) is 5.92 Å². The SMILES string of the molecule is COC1C2OCOC2CC2OC=C(c3ccc(O[C@@H]4O[C@H](CO)[C@@H](O)[C@H](O)[C@H]4O)cc3)C(=O)C21. The first-order chi connectivity index (χ1) is 16.4. The second kappa shape index (κ2) is 9.51. The first-order valence-corrected chi connectivity index (χ1v) is 11.2. The average molecular weight is 480 g/mol. The lowest BCUT2D eigenvalue weighted by atomic mass is 9.74. The number of rotatable bonds is 5. The molecule has 4 N–H and O–H groups in total. The summed E-state index contributed by atoms with van der Waals surface area (Å²) in [6, 6.07) is 6.48. The van der Waals surface area contributed by atoms with Gasteiger partial charge in [-0.1, -0.05) is 12.1 Å². The molecule has 1 aromatic carbocycles. The molecule has 3 aliphatic heterocycles. The molecular formula is C23H28O11. The van der Waals surface area contributed by atoms with Crippen molar-refractivity contribution in [2.45, 2.75) is 61.5 Å². The number of carbonyl (C=O) groups excluding carboxylic acids is 1. The molecule has 0 bridgehead atoms. The molecule has 0 amide bonds. The van der Waals surface area contributed by atoms with Crippen molar-refractivity contribution in [3.05, 3.63) is 36.1 Å². The van der Waals surface area contributed by atoms with Crippen LogP contribution in [0.4, 0.5) is 0 Å². The number of allylic oxidation sites excluding steroid dienone is 1. The number of aliphatic hydroxyl groups is 4. The summed E-state index contributed by atoms with van der Waals surface area (Å²) in [5.74, 6) is -0.347. The number of Topliss-reactive ketones (excluding diaryl/α,β-unsaturated/α-hetero) is 1. The van der Waals surface area contributed by atoms with Crippen LogP contribution in [0, 0.1) is 5.92 Å². The van der Waals surface area contributed by atoms with E-state index >= 15 is 0 Å². The van der Waals surface area contributed by atoms with Crippen LogP contribution in [0.15, 0.2) is 30.5 Å². The Morgan fingerprint density at radius 3 is 2.50 bits per heavy atom. The van der Waals surface area contributed by atoms with Gasteiger partial charge in [-0.05, 0) is 17.7 Å². The van der Waals surface area contributed by atoms with Crippen LogP contribution in [-0.2, 0) is 28.5 Å². The molecular weight excluding hydrogens is 452 g/mol. The van der Waals surface area contributed by atoms with Crippen LogP contribution >= 0.6 is 0 Å². The highest BCUT2D eigenvalue weighted by molar-refractivity contribution is 6.22. The van der Waals surface area contributed by atoms with Crippen molar-refractivity contribution >= 4 is 11.4 Å². The molecule has 4 aliphatic rings. The predicted molar refractivity (Wildman–Crippen MR) is 112 cm³/mol. The van der Waals surface area contributed by atoms with Gasteiger partial charge in [0.2, 0.25) is 6.29 Å². The normalized spacial score (nSPS) is 41.8. The zero-order valence-corrected chi connectivity index (χ0v) is 18.4. The number of benzene rings is 1. The lowest BCUT2D eigenvalue weighted by molar-refractivity contribution is -0.277. The zero-order valence-electron chi connectivity index (χ0n) is 18.4. The van der Waals surface area contributed by atoms with Crippen LogP contribution in [0.3, 0.4) is 0 Å².